The fourth-order valence-corrected chi connectivity index (χ4v) is 1.57. The Bertz CT molecular complexity index is 350. The van der Waals surface area contributed by atoms with E-state index in [2.05, 4.69) is 0 Å². The van der Waals surface area contributed by atoms with E-state index >= 15 is 0 Å². The van der Waals surface area contributed by atoms with Crippen LogP contribution in [0.5, 0.6) is 0 Å². The second-order valence-corrected chi connectivity index (χ2v) is 3.52. The van der Waals surface area contributed by atoms with Crippen molar-refractivity contribution >= 4 is 17.9 Å². The lowest BCUT2D eigenvalue weighted by atomic mass is 10.1. The highest BCUT2D eigenvalue weighted by molar-refractivity contribution is 5.97. The number of cyclic esters (lactones) is 1. The van der Waals surface area contributed by atoms with Gasteiger partial charge >= 0.3 is 23.7 Å². The topological polar surface area (TPSA) is 78.9 Å². The Labute approximate surface area is 91.1 Å². The third-order valence-corrected chi connectivity index (χ3v) is 2.33. The Morgan fingerprint density at radius 1 is 1.00 bits per heavy atom. The molecule has 0 aromatic heterocycles. The fourth-order valence-electron chi connectivity index (χ4n) is 1.57. The van der Waals surface area contributed by atoms with Crippen molar-refractivity contribution < 1.29 is 28.6 Å². The van der Waals surface area contributed by atoms with Gasteiger partial charge in [-0.25, -0.2) is 14.4 Å². The first-order valence-electron chi connectivity index (χ1n) is 4.94. The second kappa shape index (κ2) is 3.96. The summed E-state index contributed by atoms with van der Waals surface area (Å²) in [6, 6.07) is 0. The van der Waals surface area contributed by atoms with Crippen LogP contribution in [0, 0.1) is 0 Å². The van der Waals surface area contributed by atoms with E-state index in [0.29, 0.717) is 12.8 Å². The predicted octanol–water partition coefficient (Wildman–Crippen LogP) is 0.0660. The zero-order valence-electron chi connectivity index (χ0n) is 8.43. The van der Waals surface area contributed by atoms with Crippen LogP contribution in [0.4, 0.5) is 0 Å². The second-order valence-electron chi connectivity index (χ2n) is 3.52. The van der Waals surface area contributed by atoms with Gasteiger partial charge in [0.2, 0.25) is 0 Å². The molecule has 1 fully saturated rings. The summed E-state index contributed by atoms with van der Waals surface area (Å²) in [5.74, 6) is -4.29. The molecule has 6 heteroatoms. The molecule has 2 aliphatic heterocycles. The van der Waals surface area contributed by atoms with E-state index < -0.39 is 23.7 Å². The molecule has 0 saturated carbocycles. The highest BCUT2D eigenvalue weighted by Gasteiger charge is 2.49. The minimum atomic E-state index is -1.89. The van der Waals surface area contributed by atoms with Crippen molar-refractivity contribution in [3.05, 3.63) is 12.2 Å². The van der Waals surface area contributed by atoms with E-state index in [4.69, 9.17) is 14.2 Å². The van der Waals surface area contributed by atoms with E-state index in [9.17, 15) is 14.4 Å². The van der Waals surface area contributed by atoms with Crippen molar-refractivity contribution in [1.82, 2.24) is 0 Å². The first-order chi connectivity index (χ1) is 7.62. The summed E-state index contributed by atoms with van der Waals surface area (Å²) in [7, 11) is 0. The number of ether oxygens (including phenoxy) is 3. The van der Waals surface area contributed by atoms with Crippen LogP contribution in [0.15, 0.2) is 12.2 Å². The molecule has 0 bridgehead atoms. The Morgan fingerprint density at radius 2 is 1.62 bits per heavy atom. The molecule has 2 rings (SSSR count). The summed E-state index contributed by atoms with van der Waals surface area (Å²) in [5, 5.41) is 0. The molecule has 0 radical (unpaired) electrons. The first-order valence-corrected chi connectivity index (χ1v) is 4.94. The molecule has 6 nitrogen and oxygen atoms in total. The minimum absolute atomic E-state index is 0.130. The van der Waals surface area contributed by atoms with Crippen LogP contribution < -0.4 is 0 Å². The highest BCUT2D eigenvalue weighted by atomic mass is 16.8. The van der Waals surface area contributed by atoms with Crippen LogP contribution >= 0.6 is 0 Å². The maximum absolute atomic E-state index is 11.6. The lowest BCUT2D eigenvalue weighted by Gasteiger charge is -2.26. The summed E-state index contributed by atoms with van der Waals surface area (Å²) in [5.41, 5.74) is 0. The molecule has 2 heterocycles. The third-order valence-electron chi connectivity index (χ3n) is 2.33. The maximum atomic E-state index is 11.6. The zero-order chi connectivity index (χ0) is 11.6. The van der Waals surface area contributed by atoms with Crippen molar-refractivity contribution in [2.75, 3.05) is 6.61 Å². The molecule has 0 aromatic rings. The van der Waals surface area contributed by atoms with E-state index in [1.807, 2.05) is 0 Å². The quantitative estimate of drug-likeness (QED) is 0.544. The van der Waals surface area contributed by atoms with E-state index in [0.717, 1.165) is 12.2 Å². The van der Waals surface area contributed by atoms with Crippen molar-refractivity contribution in [3.63, 3.8) is 0 Å². The standard InChI is InChI=1S/C10H10O6/c11-7-3-4-8(12)16-10(15-7)5-1-2-6-14-9(10)13/h3-4H,1-2,5-6H2. The van der Waals surface area contributed by atoms with E-state index in [1.54, 1.807) is 0 Å². The average Bonchev–Trinajstić information content (AvgIpc) is 2.48. The number of carbonyl (C=O) groups is 3. The molecule has 0 aliphatic carbocycles. The van der Waals surface area contributed by atoms with Crippen LogP contribution in [0.25, 0.3) is 0 Å². The van der Waals surface area contributed by atoms with Crippen molar-refractivity contribution in [2.45, 2.75) is 25.0 Å². The molecule has 1 saturated heterocycles. The molecule has 1 spiro atoms. The molecule has 16 heavy (non-hydrogen) atoms. The monoisotopic (exact) mass is 226 g/mol. The number of rotatable bonds is 0. The summed E-state index contributed by atoms with van der Waals surface area (Å²) in [6.45, 7) is 0.239. The van der Waals surface area contributed by atoms with Gasteiger partial charge in [-0.2, -0.15) is 0 Å². The van der Waals surface area contributed by atoms with Gasteiger partial charge in [0.25, 0.3) is 0 Å². The number of hydrogen-bond donors (Lipinski definition) is 0. The van der Waals surface area contributed by atoms with Crippen LogP contribution in [0.3, 0.4) is 0 Å². The largest absolute Gasteiger partial charge is 0.460 e. The number of hydrogen-bond acceptors (Lipinski definition) is 6. The Hall–Kier alpha value is -1.85. The Kier molecular flexibility index (Phi) is 2.64. The molecule has 0 amide bonds. The molecular weight excluding hydrogens is 216 g/mol. The average molecular weight is 226 g/mol. The van der Waals surface area contributed by atoms with Gasteiger partial charge in [-0.3, -0.25) is 0 Å². The Balaban J connectivity index is 2.30. The number of carbonyl (C=O) groups excluding carboxylic acids is 3. The lowest BCUT2D eigenvalue weighted by molar-refractivity contribution is -0.233. The van der Waals surface area contributed by atoms with E-state index in [-0.39, 0.29) is 13.0 Å². The summed E-state index contributed by atoms with van der Waals surface area (Å²) < 4.78 is 14.5. The molecular formula is C10H10O6. The van der Waals surface area contributed by atoms with Crippen molar-refractivity contribution in [3.8, 4) is 0 Å². The van der Waals surface area contributed by atoms with Crippen LogP contribution in [-0.4, -0.2) is 30.3 Å². The van der Waals surface area contributed by atoms with Gasteiger partial charge in [-0.1, -0.05) is 0 Å². The normalized spacial score (nSPS) is 24.1. The molecule has 2 aliphatic rings. The summed E-state index contributed by atoms with van der Waals surface area (Å²) in [6.07, 6.45) is 3.21. The molecule has 86 valence electrons. The van der Waals surface area contributed by atoms with Gasteiger partial charge in [-0.15, -0.1) is 0 Å². The molecule has 0 N–H and O–H groups in total. The highest BCUT2D eigenvalue weighted by Crippen LogP contribution is 2.28. The van der Waals surface area contributed by atoms with Gasteiger partial charge in [0.15, 0.2) is 0 Å². The number of esters is 3. The van der Waals surface area contributed by atoms with Crippen LogP contribution in [0.1, 0.15) is 19.3 Å². The van der Waals surface area contributed by atoms with Crippen molar-refractivity contribution in [1.29, 1.82) is 0 Å². The Morgan fingerprint density at radius 3 is 2.25 bits per heavy atom. The van der Waals surface area contributed by atoms with E-state index in [1.165, 1.54) is 0 Å². The molecule has 0 unspecified atom stereocenters. The summed E-state index contributed by atoms with van der Waals surface area (Å²) in [4.78, 5) is 34.1. The summed E-state index contributed by atoms with van der Waals surface area (Å²) >= 11 is 0. The van der Waals surface area contributed by atoms with Gasteiger partial charge in [-0.05, 0) is 12.8 Å². The lowest BCUT2D eigenvalue weighted by Crippen LogP contribution is -2.46. The third kappa shape index (κ3) is 1.91. The first kappa shape index (κ1) is 10.7. The van der Waals surface area contributed by atoms with Gasteiger partial charge in [0.05, 0.1) is 6.61 Å². The van der Waals surface area contributed by atoms with Gasteiger partial charge in [0.1, 0.15) is 0 Å². The SMILES string of the molecule is O=C1C=CC(=O)OC2(CCCCOC2=O)O1. The van der Waals surface area contributed by atoms with Crippen LogP contribution in [-0.2, 0) is 28.6 Å². The van der Waals surface area contributed by atoms with Crippen LogP contribution in [0.2, 0.25) is 0 Å². The zero-order valence-corrected chi connectivity index (χ0v) is 8.43. The van der Waals surface area contributed by atoms with Gasteiger partial charge < -0.3 is 14.2 Å². The molecule has 0 aromatic carbocycles. The maximum Gasteiger partial charge on any atom is 0.393 e. The van der Waals surface area contributed by atoms with Crippen molar-refractivity contribution in [2.24, 2.45) is 0 Å². The smallest absolute Gasteiger partial charge is 0.393 e. The minimum Gasteiger partial charge on any atom is -0.460 e. The predicted molar refractivity (Wildman–Crippen MR) is 48.9 cm³/mol. The molecule has 0 atom stereocenters. The fraction of sp³-hybridized carbons (Fsp3) is 0.500. The van der Waals surface area contributed by atoms with Gasteiger partial charge in [0, 0.05) is 18.6 Å².